The van der Waals surface area contributed by atoms with Crippen molar-refractivity contribution in [1.82, 2.24) is 0 Å². The summed E-state index contributed by atoms with van der Waals surface area (Å²) in [6.45, 7) is 0. The summed E-state index contributed by atoms with van der Waals surface area (Å²) in [5.41, 5.74) is 1.21. The zero-order chi connectivity index (χ0) is 13.7. The number of aryl methyl sites for hydroxylation is 1. The lowest BCUT2D eigenvalue weighted by Gasteiger charge is -2.21. The van der Waals surface area contributed by atoms with E-state index in [1.807, 2.05) is 12.1 Å². The Labute approximate surface area is 116 Å². The van der Waals surface area contributed by atoms with Crippen molar-refractivity contribution in [2.24, 2.45) is 5.92 Å². The van der Waals surface area contributed by atoms with Gasteiger partial charge < -0.3 is 0 Å². The molecule has 0 amide bonds. The molecule has 0 N–H and O–H groups in total. The molecule has 0 atom stereocenters. The number of hydrogen-bond acceptors (Lipinski definition) is 3. The number of hydrogen-bond donors (Lipinski definition) is 0. The summed E-state index contributed by atoms with van der Waals surface area (Å²) in [6, 6.07) is 7.06. The van der Waals surface area contributed by atoms with Crippen LogP contribution in [-0.4, -0.2) is 15.5 Å². The second kappa shape index (κ2) is 6.53. The molecule has 2 rings (SSSR count). The first-order chi connectivity index (χ1) is 9.12. The number of rotatable bonds is 5. The Morgan fingerprint density at radius 3 is 2.32 bits per heavy atom. The van der Waals surface area contributed by atoms with Crippen LogP contribution >= 0.6 is 0 Å². The molecule has 4 heteroatoms. The van der Waals surface area contributed by atoms with Gasteiger partial charge in [-0.15, -0.1) is 0 Å². The van der Waals surface area contributed by atoms with Crippen LogP contribution < -0.4 is 0 Å². The minimum Gasteiger partial charge on any atom is -0.270 e. The largest absolute Gasteiger partial charge is 0.296 e. The molecule has 0 heterocycles. The fourth-order valence-electron chi connectivity index (χ4n) is 2.77. The van der Waals surface area contributed by atoms with Gasteiger partial charge in [-0.3, -0.25) is 4.18 Å². The van der Waals surface area contributed by atoms with Crippen molar-refractivity contribution < 1.29 is 12.6 Å². The first kappa shape index (κ1) is 14.5. The van der Waals surface area contributed by atoms with Crippen LogP contribution in [-0.2, 0) is 20.7 Å². The summed E-state index contributed by atoms with van der Waals surface area (Å²) in [5.74, 6) is 0.858. The molecule has 1 aromatic carbocycles. The molecule has 0 bridgehead atoms. The molecular weight excluding hydrogens is 260 g/mol. The Kier molecular flexibility index (Phi) is 4.99. The highest BCUT2D eigenvalue weighted by Crippen LogP contribution is 2.27. The molecule has 0 aliphatic heterocycles. The van der Waals surface area contributed by atoms with Crippen LogP contribution in [0.3, 0.4) is 0 Å². The first-order valence-electron chi connectivity index (χ1n) is 7.01. The van der Waals surface area contributed by atoms with E-state index in [9.17, 15) is 8.42 Å². The molecule has 0 spiro atoms. The van der Waals surface area contributed by atoms with Gasteiger partial charge in [-0.1, -0.05) is 44.2 Å². The summed E-state index contributed by atoms with van der Waals surface area (Å²) in [4.78, 5) is 0.233. The smallest absolute Gasteiger partial charge is 0.270 e. The predicted octanol–water partition coefficient (Wildman–Crippen LogP) is 3.53. The molecule has 1 fully saturated rings. The number of benzene rings is 1. The van der Waals surface area contributed by atoms with E-state index in [1.54, 1.807) is 12.1 Å². The van der Waals surface area contributed by atoms with Crippen molar-refractivity contribution in [2.45, 2.75) is 49.8 Å². The molecule has 1 aliphatic carbocycles. The fourth-order valence-corrected chi connectivity index (χ4v) is 3.43. The van der Waals surface area contributed by atoms with Gasteiger partial charge >= 0.3 is 0 Å². The van der Waals surface area contributed by atoms with E-state index in [-0.39, 0.29) is 4.90 Å². The van der Waals surface area contributed by atoms with Gasteiger partial charge in [-0.05, 0) is 36.5 Å². The minimum absolute atomic E-state index is 0.233. The third-order valence-electron chi connectivity index (χ3n) is 4.00. The van der Waals surface area contributed by atoms with Gasteiger partial charge in [0.05, 0.1) is 12.0 Å². The Morgan fingerprint density at radius 1 is 1.11 bits per heavy atom. The van der Waals surface area contributed by atoms with Crippen LogP contribution in [0.15, 0.2) is 29.2 Å². The summed E-state index contributed by atoms with van der Waals surface area (Å²) >= 11 is 0. The van der Waals surface area contributed by atoms with Crippen molar-refractivity contribution in [3.05, 3.63) is 29.8 Å². The standard InChI is InChI=1S/C15H22O3S/c1-18-19(16,17)15-11-9-14(10-12-15)8-7-13-5-3-2-4-6-13/h9-13H,2-8H2,1H3. The van der Waals surface area contributed by atoms with E-state index >= 15 is 0 Å². The Balaban J connectivity index is 1.91. The molecular formula is C15H22O3S. The molecule has 0 saturated heterocycles. The minimum atomic E-state index is -3.55. The molecule has 1 saturated carbocycles. The van der Waals surface area contributed by atoms with Crippen LogP contribution in [0.1, 0.15) is 44.1 Å². The third kappa shape index (κ3) is 4.05. The van der Waals surface area contributed by atoms with Gasteiger partial charge in [-0.25, -0.2) is 0 Å². The van der Waals surface area contributed by atoms with Crippen LogP contribution in [0.4, 0.5) is 0 Å². The van der Waals surface area contributed by atoms with Crippen LogP contribution in [0.5, 0.6) is 0 Å². The maximum absolute atomic E-state index is 11.5. The molecule has 0 unspecified atom stereocenters. The summed E-state index contributed by atoms with van der Waals surface area (Å²) in [7, 11) is -2.36. The highest BCUT2D eigenvalue weighted by molar-refractivity contribution is 7.86. The van der Waals surface area contributed by atoms with Gasteiger partial charge in [0.15, 0.2) is 0 Å². The van der Waals surface area contributed by atoms with Crippen LogP contribution in [0.2, 0.25) is 0 Å². The lowest BCUT2D eigenvalue weighted by Crippen LogP contribution is -2.07. The van der Waals surface area contributed by atoms with Crippen LogP contribution in [0.25, 0.3) is 0 Å². The summed E-state index contributed by atoms with van der Waals surface area (Å²) < 4.78 is 27.5. The fraction of sp³-hybridized carbons (Fsp3) is 0.600. The van der Waals surface area contributed by atoms with Crippen molar-refractivity contribution in [3.8, 4) is 0 Å². The first-order valence-corrected chi connectivity index (χ1v) is 8.42. The molecule has 1 aromatic rings. The van der Waals surface area contributed by atoms with Crippen molar-refractivity contribution >= 4 is 10.1 Å². The van der Waals surface area contributed by atoms with Gasteiger partial charge in [0, 0.05) is 0 Å². The highest BCUT2D eigenvalue weighted by Gasteiger charge is 2.14. The Morgan fingerprint density at radius 2 is 1.74 bits per heavy atom. The topological polar surface area (TPSA) is 43.4 Å². The maximum atomic E-state index is 11.5. The monoisotopic (exact) mass is 282 g/mol. The Hall–Kier alpha value is -0.870. The quantitative estimate of drug-likeness (QED) is 0.776. The van der Waals surface area contributed by atoms with E-state index in [0.29, 0.717) is 0 Å². The van der Waals surface area contributed by atoms with Crippen molar-refractivity contribution in [2.75, 3.05) is 7.11 Å². The average Bonchev–Trinajstić information content (AvgIpc) is 2.47. The zero-order valence-corrected chi connectivity index (χ0v) is 12.3. The molecule has 0 aromatic heterocycles. The second-order valence-electron chi connectivity index (χ2n) is 5.31. The van der Waals surface area contributed by atoms with Gasteiger partial charge in [0.1, 0.15) is 0 Å². The molecule has 1 aliphatic rings. The molecule has 0 radical (unpaired) electrons. The van der Waals surface area contributed by atoms with E-state index in [2.05, 4.69) is 4.18 Å². The van der Waals surface area contributed by atoms with E-state index in [1.165, 1.54) is 51.2 Å². The highest BCUT2D eigenvalue weighted by atomic mass is 32.2. The van der Waals surface area contributed by atoms with E-state index in [0.717, 1.165) is 12.3 Å². The SMILES string of the molecule is COS(=O)(=O)c1ccc(CCC2CCCCC2)cc1. The average molecular weight is 282 g/mol. The molecule has 106 valence electrons. The predicted molar refractivity (Wildman–Crippen MR) is 75.5 cm³/mol. The van der Waals surface area contributed by atoms with Crippen molar-refractivity contribution in [3.63, 3.8) is 0 Å². The van der Waals surface area contributed by atoms with E-state index in [4.69, 9.17) is 0 Å². The molecule has 19 heavy (non-hydrogen) atoms. The zero-order valence-electron chi connectivity index (χ0n) is 11.5. The normalized spacial score (nSPS) is 17.5. The maximum Gasteiger partial charge on any atom is 0.296 e. The lowest BCUT2D eigenvalue weighted by atomic mass is 9.85. The molecule has 3 nitrogen and oxygen atoms in total. The van der Waals surface area contributed by atoms with Crippen LogP contribution in [0, 0.1) is 5.92 Å². The van der Waals surface area contributed by atoms with E-state index < -0.39 is 10.1 Å². The second-order valence-corrected chi connectivity index (χ2v) is 7.02. The lowest BCUT2D eigenvalue weighted by molar-refractivity contribution is 0.339. The van der Waals surface area contributed by atoms with Gasteiger partial charge in [0.25, 0.3) is 10.1 Å². The van der Waals surface area contributed by atoms with Gasteiger partial charge in [0.2, 0.25) is 0 Å². The third-order valence-corrected chi connectivity index (χ3v) is 5.29. The summed E-state index contributed by atoms with van der Waals surface area (Å²) in [6.07, 6.45) is 9.10. The summed E-state index contributed by atoms with van der Waals surface area (Å²) in [5, 5.41) is 0. The van der Waals surface area contributed by atoms with Crippen molar-refractivity contribution in [1.29, 1.82) is 0 Å². The van der Waals surface area contributed by atoms with Gasteiger partial charge in [-0.2, -0.15) is 8.42 Å². The Bertz CT molecular complexity index is 485.